The molecule has 2 rings (SSSR count). The Morgan fingerprint density at radius 3 is 2.27 bits per heavy atom. The molecule has 1 nitrogen and oxygen atoms in total. The molecule has 0 aromatic rings. The molecule has 3 atom stereocenters. The predicted octanol–water partition coefficient (Wildman–Crippen LogP) is 3.72. The summed E-state index contributed by atoms with van der Waals surface area (Å²) in [6.45, 7) is 4.77. The van der Waals surface area contributed by atoms with Crippen molar-refractivity contribution in [3.63, 3.8) is 0 Å². The summed E-state index contributed by atoms with van der Waals surface area (Å²) in [4.78, 5) is 0. The highest BCUT2D eigenvalue weighted by Crippen LogP contribution is 2.44. The Labute approximate surface area is 94.8 Å². The summed E-state index contributed by atoms with van der Waals surface area (Å²) < 4.78 is 0. The normalized spacial score (nSPS) is 44.2. The summed E-state index contributed by atoms with van der Waals surface area (Å²) in [6.07, 6.45) is 11.1. The summed E-state index contributed by atoms with van der Waals surface area (Å²) in [5.41, 5.74) is 6.95. The Kier molecular flexibility index (Phi) is 3.39. The standard InChI is InChI=1S/C14H27N/c1-11-8-9-12(2)14(15,10-11)13-6-4-3-5-7-13/h11-13H,3-10,15H2,1-2H3. The summed E-state index contributed by atoms with van der Waals surface area (Å²) in [5, 5.41) is 0. The molecule has 88 valence electrons. The Morgan fingerprint density at radius 2 is 1.60 bits per heavy atom. The first-order valence-electron chi connectivity index (χ1n) is 6.92. The molecule has 0 heterocycles. The summed E-state index contributed by atoms with van der Waals surface area (Å²) in [5.74, 6) is 2.42. The minimum absolute atomic E-state index is 0.179. The highest BCUT2D eigenvalue weighted by atomic mass is 14.8. The van der Waals surface area contributed by atoms with E-state index in [-0.39, 0.29) is 5.54 Å². The number of hydrogen-bond acceptors (Lipinski definition) is 1. The monoisotopic (exact) mass is 209 g/mol. The van der Waals surface area contributed by atoms with Crippen LogP contribution in [0.25, 0.3) is 0 Å². The Hall–Kier alpha value is -0.0400. The molecule has 0 bridgehead atoms. The van der Waals surface area contributed by atoms with Crippen LogP contribution in [-0.4, -0.2) is 5.54 Å². The van der Waals surface area contributed by atoms with Crippen molar-refractivity contribution in [2.45, 2.75) is 70.8 Å². The molecule has 0 aliphatic heterocycles. The lowest BCUT2D eigenvalue weighted by molar-refractivity contribution is 0.0752. The smallest absolute Gasteiger partial charge is 0.0211 e. The van der Waals surface area contributed by atoms with E-state index in [9.17, 15) is 0 Å². The van der Waals surface area contributed by atoms with E-state index in [0.717, 1.165) is 17.8 Å². The van der Waals surface area contributed by atoms with Crippen LogP contribution in [0.15, 0.2) is 0 Å². The maximum Gasteiger partial charge on any atom is 0.0211 e. The SMILES string of the molecule is CC1CCC(C)C(N)(C2CCCCC2)C1. The average molecular weight is 209 g/mol. The van der Waals surface area contributed by atoms with Gasteiger partial charge in [0.15, 0.2) is 0 Å². The molecule has 2 aliphatic carbocycles. The van der Waals surface area contributed by atoms with E-state index in [1.165, 1.54) is 51.4 Å². The van der Waals surface area contributed by atoms with Gasteiger partial charge in [-0.2, -0.15) is 0 Å². The van der Waals surface area contributed by atoms with Crippen LogP contribution in [0.5, 0.6) is 0 Å². The van der Waals surface area contributed by atoms with Crippen molar-refractivity contribution < 1.29 is 0 Å². The third-order valence-electron chi connectivity index (χ3n) is 5.08. The molecule has 3 unspecified atom stereocenters. The first kappa shape index (κ1) is 11.4. The van der Waals surface area contributed by atoms with Crippen LogP contribution >= 0.6 is 0 Å². The number of nitrogens with two attached hydrogens (primary N) is 1. The molecule has 0 saturated heterocycles. The van der Waals surface area contributed by atoms with Crippen molar-refractivity contribution in [2.24, 2.45) is 23.5 Å². The van der Waals surface area contributed by atoms with Gasteiger partial charge in [-0.05, 0) is 43.4 Å². The van der Waals surface area contributed by atoms with Gasteiger partial charge in [0.25, 0.3) is 0 Å². The van der Waals surface area contributed by atoms with Crippen LogP contribution in [0.3, 0.4) is 0 Å². The van der Waals surface area contributed by atoms with E-state index in [1.807, 2.05) is 0 Å². The van der Waals surface area contributed by atoms with E-state index >= 15 is 0 Å². The Bertz CT molecular complexity index is 207. The lowest BCUT2D eigenvalue weighted by Crippen LogP contribution is -2.56. The molecule has 2 fully saturated rings. The third kappa shape index (κ3) is 2.22. The first-order valence-corrected chi connectivity index (χ1v) is 6.92. The van der Waals surface area contributed by atoms with Crippen LogP contribution in [0.1, 0.15) is 65.2 Å². The van der Waals surface area contributed by atoms with E-state index in [4.69, 9.17) is 5.73 Å². The van der Waals surface area contributed by atoms with Crippen LogP contribution in [-0.2, 0) is 0 Å². The molecule has 15 heavy (non-hydrogen) atoms. The number of hydrogen-bond donors (Lipinski definition) is 1. The van der Waals surface area contributed by atoms with Gasteiger partial charge in [-0.25, -0.2) is 0 Å². The van der Waals surface area contributed by atoms with Gasteiger partial charge in [-0.3, -0.25) is 0 Å². The van der Waals surface area contributed by atoms with Gasteiger partial charge in [0.2, 0.25) is 0 Å². The van der Waals surface area contributed by atoms with Gasteiger partial charge in [0.1, 0.15) is 0 Å². The highest BCUT2D eigenvalue weighted by Gasteiger charge is 2.43. The topological polar surface area (TPSA) is 26.0 Å². The Balaban J connectivity index is 2.07. The quantitative estimate of drug-likeness (QED) is 0.700. The van der Waals surface area contributed by atoms with Crippen molar-refractivity contribution in [3.8, 4) is 0 Å². The summed E-state index contributed by atoms with van der Waals surface area (Å²) in [6, 6.07) is 0. The van der Waals surface area contributed by atoms with E-state index in [0.29, 0.717) is 0 Å². The van der Waals surface area contributed by atoms with Crippen molar-refractivity contribution >= 4 is 0 Å². The third-order valence-corrected chi connectivity index (χ3v) is 5.08. The minimum Gasteiger partial charge on any atom is -0.325 e. The zero-order valence-electron chi connectivity index (χ0n) is 10.5. The second-order valence-corrected chi connectivity index (χ2v) is 6.24. The van der Waals surface area contributed by atoms with Gasteiger partial charge >= 0.3 is 0 Å². The van der Waals surface area contributed by atoms with Gasteiger partial charge in [0.05, 0.1) is 0 Å². The summed E-state index contributed by atoms with van der Waals surface area (Å²) in [7, 11) is 0. The van der Waals surface area contributed by atoms with Gasteiger partial charge < -0.3 is 5.73 Å². The summed E-state index contributed by atoms with van der Waals surface area (Å²) >= 11 is 0. The van der Waals surface area contributed by atoms with Gasteiger partial charge in [-0.15, -0.1) is 0 Å². The minimum atomic E-state index is 0.179. The van der Waals surface area contributed by atoms with Gasteiger partial charge in [0, 0.05) is 5.54 Å². The molecular formula is C14H27N. The van der Waals surface area contributed by atoms with Crippen LogP contribution in [0.4, 0.5) is 0 Å². The molecule has 0 aromatic carbocycles. The van der Waals surface area contributed by atoms with Crippen LogP contribution in [0, 0.1) is 17.8 Å². The lowest BCUT2D eigenvalue weighted by Gasteiger charge is -2.49. The van der Waals surface area contributed by atoms with Crippen molar-refractivity contribution in [3.05, 3.63) is 0 Å². The van der Waals surface area contributed by atoms with Crippen LogP contribution in [0.2, 0.25) is 0 Å². The second kappa shape index (κ2) is 4.45. The average Bonchev–Trinajstić information content (AvgIpc) is 2.25. The predicted molar refractivity (Wildman–Crippen MR) is 65.7 cm³/mol. The highest BCUT2D eigenvalue weighted by molar-refractivity contribution is 4.99. The molecule has 2 saturated carbocycles. The molecule has 1 heteroatoms. The lowest BCUT2D eigenvalue weighted by atomic mass is 9.61. The van der Waals surface area contributed by atoms with Crippen molar-refractivity contribution in [1.82, 2.24) is 0 Å². The molecule has 2 N–H and O–H groups in total. The Morgan fingerprint density at radius 1 is 0.933 bits per heavy atom. The molecular weight excluding hydrogens is 182 g/mol. The van der Waals surface area contributed by atoms with Gasteiger partial charge in [-0.1, -0.05) is 39.5 Å². The zero-order valence-corrected chi connectivity index (χ0v) is 10.5. The van der Waals surface area contributed by atoms with E-state index < -0.39 is 0 Å². The molecule has 0 radical (unpaired) electrons. The molecule has 2 aliphatic rings. The fourth-order valence-corrected chi connectivity index (χ4v) is 3.92. The largest absolute Gasteiger partial charge is 0.325 e. The zero-order chi connectivity index (χ0) is 10.9. The van der Waals surface area contributed by atoms with E-state index in [1.54, 1.807) is 0 Å². The number of rotatable bonds is 1. The maximum atomic E-state index is 6.77. The molecule has 0 amide bonds. The van der Waals surface area contributed by atoms with Crippen molar-refractivity contribution in [1.29, 1.82) is 0 Å². The molecule has 0 aromatic heterocycles. The maximum absolute atomic E-state index is 6.77. The van der Waals surface area contributed by atoms with Crippen molar-refractivity contribution in [2.75, 3.05) is 0 Å². The fourth-order valence-electron chi connectivity index (χ4n) is 3.92. The fraction of sp³-hybridized carbons (Fsp3) is 1.00. The first-order chi connectivity index (χ1) is 7.13. The molecule has 0 spiro atoms. The van der Waals surface area contributed by atoms with Crippen LogP contribution < -0.4 is 5.73 Å². The second-order valence-electron chi connectivity index (χ2n) is 6.24. The van der Waals surface area contributed by atoms with E-state index in [2.05, 4.69) is 13.8 Å².